The standard InChI is InChI=1S/C16H19N5O3S2/c22-13(19-15-17-4-7-25-15)9-21-5-3-10-12(8-21)26-16(18-10)20-14(23)11-2-1-6-24-11/h4,7,11H,1-3,5-6,8-9H2,(H,17,19,22)(H,18,20,23). The molecule has 2 aromatic heterocycles. The molecule has 2 aliphatic heterocycles. The Morgan fingerprint density at radius 1 is 1.35 bits per heavy atom. The lowest BCUT2D eigenvalue weighted by Crippen LogP contribution is -2.36. The lowest BCUT2D eigenvalue weighted by atomic mass is 10.2. The summed E-state index contributed by atoms with van der Waals surface area (Å²) < 4.78 is 5.40. The van der Waals surface area contributed by atoms with Crippen LogP contribution in [0, 0.1) is 0 Å². The van der Waals surface area contributed by atoms with Gasteiger partial charge >= 0.3 is 0 Å². The van der Waals surface area contributed by atoms with Crippen LogP contribution >= 0.6 is 22.7 Å². The summed E-state index contributed by atoms with van der Waals surface area (Å²) >= 11 is 2.88. The number of hydrogen-bond acceptors (Lipinski definition) is 8. The molecular weight excluding hydrogens is 374 g/mol. The average molecular weight is 393 g/mol. The highest BCUT2D eigenvalue weighted by molar-refractivity contribution is 7.16. The molecule has 0 bridgehead atoms. The predicted molar refractivity (Wildman–Crippen MR) is 99.4 cm³/mol. The topological polar surface area (TPSA) is 96.5 Å². The van der Waals surface area contributed by atoms with E-state index in [1.807, 2.05) is 5.38 Å². The Bertz CT molecular complexity index is 786. The quantitative estimate of drug-likeness (QED) is 0.803. The van der Waals surface area contributed by atoms with E-state index in [1.165, 1.54) is 22.7 Å². The summed E-state index contributed by atoms with van der Waals surface area (Å²) in [6.45, 7) is 2.38. The van der Waals surface area contributed by atoms with Crippen LogP contribution in [0.15, 0.2) is 11.6 Å². The number of carbonyl (C=O) groups excluding carboxylic acids is 2. The smallest absolute Gasteiger partial charge is 0.255 e. The first-order chi connectivity index (χ1) is 12.7. The van der Waals surface area contributed by atoms with Crippen LogP contribution in [0.3, 0.4) is 0 Å². The third-order valence-corrected chi connectivity index (χ3v) is 5.99. The highest BCUT2D eigenvalue weighted by Crippen LogP contribution is 2.29. The molecule has 0 spiro atoms. The number of thiazole rings is 2. The molecule has 138 valence electrons. The van der Waals surface area contributed by atoms with Crippen LogP contribution in [-0.2, 0) is 27.3 Å². The zero-order valence-electron chi connectivity index (χ0n) is 14.1. The molecule has 1 atom stereocenters. The van der Waals surface area contributed by atoms with Crippen molar-refractivity contribution in [2.45, 2.75) is 31.9 Å². The Balaban J connectivity index is 1.32. The van der Waals surface area contributed by atoms with Crippen molar-refractivity contribution in [1.82, 2.24) is 14.9 Å². The molecule has 26 heavy (non-hydrogen) atoms. The van der Waals surface area contributed by atoms with E-state index in [1.54, 1.807) is 6.20 Å². The van der Waals surface area contributed by atoms with Crippen molar-refractivity contribution in [3.63, 3.8) is 0 Å². The van der Waals surface area contributed by atoms with Crippen molar-refractivity contribution in [2.75, 3.05) is 30.3 Å². The summed E-state index contributed by atoms with van der Waals surface area (Å²) in [4.78, 5) is 36.0. The van der Waals surface area contributed by atoms with Gasteiger partial charge in [-0.15, -0.1) is 22.7 Å². The van der Waals surface area contributed by atoms with E-state index in [0.717, 1.165) is 36.4 Å². The monoisotopic (exact) mass is 393 g/mol. The van der Waals surface area contributed by atoms with Gasteiger partial charge in [0, 0.05) is 42.6 Å². The zero-order valence-corrected chi connectivity index (χ0v) is 15.7. The molecule has 4 heterocycles. The molecule has 0 saturated carbocycles. The maximum absolute atomic E-state index is 12.2. The minimum atomic E-state index is -0.359. The normalized spacial score (nSPS) is 19.9. The third-order valence-electron chi connectivity index (χ3n) is 4.31. The van der Waals surface area contributed by atoms with Crippen molar-refractivity contribution in [3.8, 4) is 0 Å². The number of hydrogen-bond donors (Lipinski definition) is 2. The lowest BCUT2D eigenvalue weighted by molar-refractivity contribution is -0.124. The molecule has 2 N–H and O–H groups in total. The molecule has 1 fully saturated rings. The molecule has 10 heteroatoms. The Labute approximate surface area is 158 Å². The third kappa shape index (κ3) is 4.09. The number of nitrogens with one attached hydrogen (secondary N) is 2. The molecule has 1 saturated heterocycles. The fraction of sp³-hybridized carbons (Fsp3) is 0.500. The number of anilines is 2. The summed E-state index contributed by atoms with van der Waals surface area (Å²) in [5.74, 6) is -0.187. The van der Waals surface area contributed by atoms with Gasteiger partial charge in [-0.25, -0.2) is 9.97 Å². The Hall–Kier alpha value is -1.88. The van der Waals surface area contributed by atoms with Gasteiger partial charge in [-0.2, -0.15) is 0 Å². The Morgan fingerprint density at radius 3 is 3.04 bits per heavy atom. The molecule has 1 unspecified atom stereocenters. The number of carbonyl (C=O) groups is 2. The van der Waals surface area contributed by atoms with E-state index in [0.29, 0.717) is 30.0 Å². The van der Waals surface area contributed by atoms with E-state index < -0.39 is 0 Å². The number of nitrogens with zero attached hydrogens (tertiary/aromatic N) is 3. The number of aromatic nitrogens is 2. The summed E-state index contributed by atoms with van der Waals surface area (Å²) in [7, 11) is 0. The first-order valence-electron chi connectivity index (χ1n) is 8.50. The van der Waals surface area contributed by atoms with Gasteiger partial charge in [0.2, 0.25) is 5.91 Å². The van der Waals surface area contributed by atoms with Gasteiger partial charge in [-0.3, -0.25) is 19.8 Å². The molecule has 0 aromatic carbocycles. The summed E-state index contributed by atoms with van der Waals surface area (Å²) in [6.07, 6.45) is 3.76. The second-order valence-electron chi connectivity index (χ2n) is 6.23. The molecule has 0 aliphatic carbocycles. The van der Waals surface area contributed by atoms with Crippen LogP contribution in [0.1, 0.15) is 23.4 Å². The van der Waals surface area contributed by atoms with Crippen molar-refractivity contribution in [2.24, 2.45) is 0 Å². The van der Waals surface area contributed by atoms with Gasteiger partial charge in [0.1, 0.15) is 6.10 Å². The molecule has 4 rings (SSSR count). The maximum Gasteiger partial charge on any atom is 0.255 e. The Kier molecular flexibility index (Phi) is 5.25. The van der Waals surface area contributed by atoms with E-state index >= 15 is 0 Å². The van der Waals surface area contributed by atoms with E-state index in [4.69, 9.17) is 4.74 Å². The van der Waals surface area contributed by atoms with E-state index in [2.05, 4.69) is 25.5 Å². The number of ether oxygens (including phenoxy) is 1. The van der Waals surface area contributed by atoms with Gasteiger partial charge < -0.3 is 10.1 Å². The van der Waals surface area contributed by atoms with Crippen molar-refractivity contribution in [1.29, 1.82) is 0 Å². The zero-order chi connectivity index (χ0) is 17.9. The summed E-state index contributed by atoms with van der Waals surface area (Å²) in [6, 6.07) is 0. The van der Waals surface area contributed by atoms with E-state index in [-0.39, 0.29) is 17.9 Å². The highest BCUT2D eigenvalue weighted by Gasteiger charge is 2.26. The summed E-state index contributed by atoms with van der Waals surface area (Å²) in [5.41, 5.74) is 1.01. The molecule has 0 radical (unpaired) electrons. The largest absolute Gasteiger partial charge is 0.368 e. The van der Waals surface area contributed by atoms with Crippen molar-refractivity contribution >= 4 is 44.8 Å². The van der Waals surface area contributed by atoms with E-state index in [9.17, 15) is 9.59 Å². The van der Waals surface area contributed by atoms with Gasteiger partial charge in [0.15, 0.2) is 10.3 Å². The molecule has 8 nitrogen and oxygen atoms in total. The molecule has 2 aliphatic rings. The lowest BCUT2D eigenvalue weighted by Gasteiger charge is -2.24. The van der Waals surface area contributed by atoms with Gasteiger partial charge in [0.05, 0.1) is 12.2 Å². The second kappa shape index (κ2) is 7.78. The first kappa shape index (κ1) is 17.5. The maximum atomic E-state index is 12.2. The molecule has 2 amide bonds. The predicted octanol–water partition coefficient (Wildman–Crippen LogP) is 1.71. The van der Waals surface area contributed by atoms with Gasteiger partial charge in [-0.1, -0.05) is 0 Å². The van der Waals surface area contributed by atoms with Gasteiger partial charge in [0.25, 0.3) is 5.91 Å². The molecular formula is C16H19N5O3S2. The number of amides is 2. The number of rotatable bonds is 5. The number of fused-ring (bicyclic) bond motifs is 1. The summed E-state index contributed by atoms with van der Waals surface area (Å²) in [5, 5.41) is 8.72. The SMILES string of the molecule is O=C(CN1CCc2nc(NC(=O)C3CCCO3)sc2C1)Nc1nccs1. The van der Waals surface area contributed by atoms with Crippen LogP contribution in [0.5, 0.6) is 0 Å². The van der Waals surface area contributed by atoms with Crippen molar-refractivity contribution < 1.29 is 14.3 Å². The average Bonchev–Trinajstić information content (AvgIpc) is 3.35. The van der Waals surface area contributed by atoms with Crippen LogP contribution < -0.4 is 10.6 Å². The minimum Gasteiger partial charge on any atom is -0.368 e. The van der Waals surface area contributed by atoms with Crippen LogP contribution in [-0.4, -0.2) is 52.5 Å². The Morgan fingerprint density at radius 2 is 2.27 bits per heavy atom. The van der Waals surface area contributed by atoms with Crippen LogP contribution in [0.25, 0.3) is 0 Å². The first-order valence-corrected chi connectivity index (χ1v) is 10.2. The van der Waals surface area contributed by atoms with Crippen LogP contribution in [0.2, 0.25) is 0 Å². The van der Waals surface area contributed by atoms with Gasteiger partial charge in [-0.05, 0) is 12.8 Å². The van der Waals surface area contributed by atoms with Crippen molar-refractivity contribution in [3.05, 3.63) is 22.1 Å². The minimum absolute atomic E-state index is 0.0696. The highest BCUT2D eigenvalue weighted by atomic mass is 32.1. The fourth-order valence-corrected chi connectivity index (χ4v) is 4.65. The van der Waals surface area contributed by atoms with Crippen LogP contribution in [0.4, 0.5) is 10.3 Å². The second-order valence-corrected chi connectivity index (χ2v) is 8.20. The molecule has 2 aromatic rings. The fourth-order valence-electron chi connectivity index (χ4n) is 3.05.